The highest BCUT2D eigenvalue weighted by Gasteiger charge is 2.16. The summed E-state index contributed by atoms with van der Waals surface area (Å²) in [5.41, 5.74) is 4.67. The molecule has 116 valence electrons. The van der Waals surface area contributed by atoms with Gasteiger partial charge in [0, 0.05) is 11.1 Å². The van der Waals surface area contributed by atoms with Crippen molar-refractivity contribution in [2.24, 2.45) is 0 Å². The van der Waals surface area contributed by atoms with Gasteiger partial charge in [-0.25, -0.2) is 9.89 Å². The molecular formula is C12H9N7O3S. The van der Waals surface area contributed by atoms with Gasteiger partial charge in [0.05, 0.1) is 5.69 Å². The Labute approximate surface area is 131 Å². The molecule has 11 heteroatoms. The molecule has 3 rings (SSSR count). The molecule has 0 unspecified atom stereocenters. The molecule has 0 amide bonds. The predicted molar refractivity (Wildman–Crippen MR) is 84.4 cm³/mol. The molecule has 0 aliphatic carbocycles. The Morgan fingerprint density at radius 2 is 1.48 bits per heavy atom. The van der Waals surface area contributed by atoms with Crippen LogP contribution < -0.4 is 22.5 Å². The maximum absolute atomic E-state index is 12.0. The number of nitrogens with one attached hydrogen (secondary N) is 4. The number of anilines is 1. The van der Waals surface area contributed by atoms with Crippen molar-refractivity contribution in [3.8, 4) is 22.5 Å². The number of nitrogen functional groups attached to an aromatic ring is 1. The Morgan fingerprint density at radius 3 is 2.04 bits per heavy atom. The van der Waals surface area contributed by atoms with Crippen LogP contribution in [-0.4, -0.2) is 30.4 Å². The van der Waals surface area contributed by atoms with Gasteiger partial charge in [-0.3, -0.25) is 24.7 Å². The van der Waals surface area contributed by atoms with E-state index < -0.39 is 16.8 Å². The quantitative estimate of drug-likeness (QED) is 0.312. The smallest absolute Gasteiger partial charge is 0.342 e. The fourth-order valence-corrected chi connectivity index (χ4v) is 2.18. The van der Waals surface area contributed by atoms with Crippen molar-refractivity contribution >= 4 is 17.9 Å². The first-order valence-electron chi connectivity index (χ1n) is 6.24. The zero-order valence-corrected chi connectivity index (χ0v) is 12.2. The SMILES string of the molecule is Nc1c(-c2n[nH]c(=O)[nH]c2=O)cccc1-c1n[nH]c(=S)[nH]c1=O. The lowest BCUT2D eigenvalue weighted by Gasteiger charge is -2.08. The molecule has 23 heavy (non-hydrogen) atoms. The van der Waals surface area contributed by atoms with Gasteiger partial charge in [0.25, 0.3) is 11.1 Å². The average molecular weight is 331 g/mol. The van der Waals surface area contributed by atoms with Gasteiger partial charge in [-0.1, -0.05) is 18.2 Å². The zero-order valence-electron chi connectivity index (χ0n) is 11.3. The molecule has 2 heterocycles. The molecule has 0 spiro atoms. The summed E-state index contributed by atoms with van der Waals surface area (Å²) in [6, 6.07) is 4.68. The van der Waals surface area contributed by atoms with Gasteiger partial charge in [-0.2, -0.15) is 10.2 Å². The van der Waals surface area contributed by atoms with E-state index in [0.717, 1.165) is 0 Å². The average Bonchev–Trinajstić information content (AvgIpc) is 2.49. The minimum atomic E-state index is -0.734. The van der Waals surface area contributed by atoms with Crippen LogP contribution in [0.1, 0.15) is 0 Å². The van der Waals surface area contributed by atoms with Crippen LogP contribution in [0, 0.1) is 4.77 Å². The van der Waals surface area contributed by atoms with Gasteiger partial charge in [0.15, 0.2) is 16.2 Å². The van der Waals surface area contributed by atoms with Crippen LogP contribution in [-0.2, 0) is 0 Å². The van der Waals surface area contributed by atoms with Crippen molar-refractivity contribution in [3.63, 3.8) is 0 Å². The third-order valence-corrected chi connectivity index (χ3v) is 3.23. The number of rotatable bonds is 2. The van der Waals surface area contributed by atoms with E-state index in [0.29, 0.717) is 5.56 Å². The third kappa shape index (κ3) is 2.60. The minimum absolute atomic E-state index is 0.0128. The Bertz CT molecular complexity index is 1040. The van der Waals surface area contributed by atoms with E-state index >= 15 is 0 Å². The first kappa shape index (κ1) is 14.6. The molecule has 0 bridgehead atoms. The molecule has 0 saturated carbocycles. The van der Waals surface area contributed by atoms with Gasteiger partial charge in [0.2, 0.25) is 0 Å². The van der Waals surface area contributed by atoms with Gasteiger partial charge in [0.1, 0.15) is 0 Å². The first-order chi connectivity index (χ1) is 11.0. The van der Waals surface area contributed by atoms with Gasteiger partial charge in [-0.05, 0) is 12.2 Å². The summed E-state index contributed by atoms with van der Waals surface area (Å²) in [7, 11) is 0. The van der Waals surface area contributed by atoms with Crippen LogP contribution in [0.4, 0.5) is 5.69 Å². The molecule has 6 N–H and O–H groups in total. The van der Waals surface area contributed by atoms with Gasteiger partial charge < -0.3 is 5.73 Å². The highest BCUT2D eigenvalue weighted by atomic mass is 32.1. The van der Waals surface area contributed by atoms with Crippen molar-refractivity contribution < 1.29 is 0 Å². The highest BCUT2D eigenvalue weighted by molar-refractivity contribution is 7.71. The number of nitrogens with zero attached hydrogens (tertiary/aromatic N) is 2. The molecule has 2 aromatic heterocycles. The Hall–Kier alpha value is -3.34. The lowest BCUT2D eigenvalue weighted by Crippen LogP contribution is -2.25. The minimum Gasteiger partial charge on any atom is -0.398 e. The summed E-state index contributed by atoms with van der Waals surface area (Å²) >= 11 is 4.78. The van der Waals surface area contributed by atoms with E-state index in [1.54, 1.807) is 12.1 Å². The summed E-state index contributed by atoms with van der Waals surface area (Å²) in [6.07, 6.45) is 0. The summed E-state index contributed by atoms with van der Waals surface area (Å²) in [5, 5.41) is 12.1. The second-order valence-electron chi connectivity index (χ2n) is 4.48. The molecule has 1 aromatic carbocycles. The Morgan fingerprint density at radius 1 is 0.913 bits per heavy atom. The Kier molecular flexibility index (Phi) is 3.46. The molecule has 0 aliphatic heterocycles. The maximum Gasteiger partial charge on any atom is 0.342 e. The van der Waals surface area contributed by atoms with Crippen LogP contribution >= 0.6 is 12.2 Å². The van der Waals surface area contributed by atoms with Crippen molar-refractivity contribution in [3.05, 3.63) is 54.2 Å². The summed E-state index contributed by atoms with van der Waals surface area (Å²) in [4.78, 5) is 39.3. The Balaban J connectivity index is 2.27. The lowest BCUT2D eigenvalue weighted by molar-refractivity contribution is 0.898. The zero-order chi connectivity index (χ0) is 16.6. The first-order valence-corrected chi connectivity index (χ1v) is 6.65. The number of benzene rings is 1. The fraction of sp³-hybridized carbons (Fsp3) is 0. The molecule has 0 radical (unpaired) electrons. The van der Waals surface area contributed by atoms with E-state index in [4.69, 9.17) is 18.0 Å². The number of aromatic amines is 4. The predicted octanol–water partition coefficient (Wildman–Crippen LogP) is -0.485. The second-order valence-corrected chi connectivity index (χ2v) is 4.89. The maximum atomic E-state index is 12.0. The number of hydrogen-bond donors (Lipinski definition) is 5. The highest BCUT2D eigenvalue weighted by Crippen LogP contribution is 2.29. The lowest BCUT2D eigenvalue weighted by atomic mass is 10.0. The number of nitrogens with two attached hydrogens (primary N) is 1. The largest absolute Gasteiger partial charge is 0.398 e. The topological polar surface area (TPSA) is 166 Å². The molecule has 0 fully saturated rings. The molecule has 0 saturated heterocycles. The van der Waals surface area contributed by atoms with Crippen molar-refractivity contribution in [2.45, 2.75) is 0 Å². The van der Waals surface area contributed by atoms with Gasteiger partial charge in [-0.15, -0.1) is 0 Å². The fourth-order valence-electron chi connectivity index (χ4n) is 2.04. The van der Waals surface area contributed by atoms with Crippen LogP contribution in [0.3, 0.4) is 0 Å². The monoisotopic (exact) mass is 331 g/mol. The second kappa shape index (κ2) is 5.46. The number of hydrogen-bond acceptors (Lipinski definition) is 7. The molecule has 0 aliphatic rings. The molecular weight excluding hydrogens is 322 g/mol. The van der Waals surface area contributed by atoms with Crippen LogP contribution in [0.2, 0.25) is 0 Å². The molecule has 3 aromatic rings. The van der Waals surface area contributed by atoms with Crippen molar-refractivity contribution in [1.29, 1.82) is 0 Å². The van der Waals surface area contributed by atoms with E-state index in [1.165, 1.54) is 6.07 Å². The number of aromatic nitrogens is 6. The van der Waals surface area contributed by atoms with Crippen molar-refractivity contribution in [2.75, 3.05) is 5.73 Å². The normalized spacial score (nSPS) is 10.6. The van der Waals surface area contributed by atoms with Crippen molar-refractivity contribution in [1.82, 2.24) is 30.4 Å². The number of H-pyrrole nitrogens is 4. The molecule has 10 nitrogen and oxygen atoms in total. The summed E-state index contributed by atoms with van der Waals surface area (Å²) in [6.45, 7) is 0. The summed E-state index contributed by atoms with van der Waals surface area (Å²) < 4.78 is 0.0761. The van der Waals surface area contributed by atoms with E-state index in [1.807, 2.05) is 0 Å². The van der Waals surface area contributed by atoms with Crippen LogP contribution in [0.15, 0.2) is 32.6 Å². The van der Waals surface area contributed by atoms with E-state index in [-0.39, 0.29) is 27.4 Å². The van der Waals surface area contributed by atoms with Crippen LogP contribution in [0.25, 0.3) is 22.5 Å². The van der Waals surface area contributed by atoms with Gasteiger partial charge >= 0.3 is 5.69 Å². The molecule has 0 atom stereocenters. The standard InChI is InChI=1S/C12H9N7O3S/c13-6-4(7-9(20)14-11(22)18-16-7)2-1-3-5(6)8-10(21)15-12(23)19-17-8/h1-3H,13H2,(H2,14,18,20,22)(H2,15,19,21,23). The van der Waals surface area contributed by atoms with E-state index in [2.05, 4.69) is 30.4 Å². The summed E-state index contributed by atoms with van der Waals surface area (Å²) in [5.74, 6) is 0. The third-order valence-electron chi connectivity index (χ3n) is 3.04. The van der Waals surface area contributed by atoms with E-state index in [9.17, 15) is 14.4 Å². The van der Waals surface area contributed by atoms with Crippen LogP contribution in [0.5, 0.6) is 0 Å². The number of para-hydroxylation sites is 1.